The smallest absolute Gasteiger partial charge is 0.207 e. The van der Waals surface area contributed by atoms with Crippen LogP contribution in [0.1, 0.15) is 37.4 Å². The second kappa shape index (κ2) is 6.05. The summed E-state index contributed by atoms with van der Waals surface area (Å²) in [7, 11) is 0. The molecule has 0 saturated heterocycles. The Balaban J connectivity index is 2.99. The maximum Gasteiger partial charge on any atom is 0.207 e. The third kappa shape index (κ3) is 3.19. The number of rotatable bonds is 6. The second-order valence-electron chi connectivity index (χ2n) is 3.80. The fourth-order valence-corrected chi connectivity index (χ4v) is 1.82. The van der Waals surface area contributed by atoms with E-state index < -0.39 is 0 Å². The van der Waals surface area contributed by atoms with Crippen LogP contribution in [0.4, 0.5) is 0 Å². The minimum absolute atomic E-state index is 0.0743. The van der Waals surface area contributed by atoms with Gasteiger partial charge in [0, 0.05) is 6.42 Å². The van der Waals surface area contributed by atoms with E-state index in [0.29, 0.717) is 12.8 Å². The van der Waals surface area contributed by atoms with Crippen molar-refractivity contribution in [2.45, 2.75) is 32.7 Å². The number of Topliss-reactive ketones (excluding diaryl/α,β-unsaturated/α-hetero) is 1. The number of carbonyl (C=O) groups excluding carboxylic acids is 2. The van der Waals surface area contributed by atoms with Crippen LogP contribution in [0.3, 0.4) is 0 Å². The average Bonchev–Trinajstić information content (AvgIpc) is 2.28. The summed E-state index contributed by atoms with van der Waals surface area (Å²) >= 11 is 0. The molecular weight excluding hydrogens is 202 g/mol. The molecule has 0 aliphatic heterocycles. The molecule has 0 spiro atoms. The van der Waals surface area contributed by atoms with Crippen molar-refractivity contribution in [3.05, 3.63) is 35.4 Å². The van der Waals surface area contributed by atoms with Crippen LogP contribution in [0.5, 0.6) is 0 Å². The summed E-state index contributed by atoms with van der Waals surface area (Å²) in [6.07, 6.45) is 1.89. The van der Waals surface area contributed by atoms with Gasteiger partial charge in [-0.2, -0.15) is 0 Å². The normalized spacial score (nSPS) is 11.9. The van der Waals surface area contributed by atoms with Crippen molar-refractivity contribution in [1.82, 2.24) is 5.32 Å². The molecule has 1 amide bonds. The highest BCUT2D eigenvalue weighted by atomic mass is 16.1. The highest BCUT2D eigenvalue weighted by Crippen LogP contribution is 2.21. The third-order valence-corrected chi connectivity index (χ3v) is 2.57. The van der Waals surface area contributed by atoms with Gasteiger partial charge in [0.1, 0.15) is 5.78 Å². The topological polar surface area (TPSA) is 46.2 Å². The van der Waals surface area contributed by atoms with Crippen LogP contribution in [-0.4, -0.2) is 12.2 Å². The second-order valence-corrected chi connectivity index (χ2v) is 3.80. The van der Waals surface area contributed by atoms with Crippen molar-refractivity contribution in [1.29, 1.82) is 0 Å². The SMILES string of the molecule is CCc1ccccc1C(CC(C)=O)NC=O. The Labute approximate surface area is 95.9 Å². The Hall–Kier alpha value is -1.64. The highest BCUT2D eigenvalue weighted by Gasteiger charge is 2.15. The quantitative estimate of drug-likeness (QED) is 0.744. The number of nitrogens with one attached hydrogen (secondary N) is 1. The number of ketones is 1. The van der Waals surface area contributed by atoms with Crippen LogP contribution >= 0.6 is 0 Å². The van der Waals surface area contributed by atoms with Crippen molar-refractivity contribution in [2.24, 2.45) is 0 Å². The molecule has 86 valence electrons. The summed E-state index contributed by atoms with van der Waals surface area (Å²) in [5.41, 5.74) is 2.20. The van der Waals surface area contributed by atoms with Crippen molar-refractivity contribution in [3.63, 3.8) is 0 Å². The number of hydrogen-bond acceptors (Lipinski definition) is 2. The van der Waals surface area contributed by atoms with E-state index in [4.69, 9.17) is 0 Å². The molecule has 0 aliphatic carbocycles. The van der Waals surface area contributed by atoms with Gasteiger partial charge in [-0.15, -0.1) is 0 Å². The van der Waals surface area contributed by atoms with E-state index in [1.165, 1.54) is 12.5 Å². The lowest BCUT2D eigenvalue weighted by atomic mass is 9.95. The zero-order chi connectivity index (χ0) is 12.0. The van der Waals surface area contributed by atoms with Gasteiger partial charge in [-0.3, -0.25) is 9.59 Å². The van der Waals surface area contributed by atoms with Gasteiger partial charge in [-0.05, 0) is 24.5 Å². The molecule has 1 aromatic rings. The van der Waals surface area contributed by atoms with Crippen molar-refractivity contribution < 1.29 is 9.59 Å². The summed E-state index contributed by atoms with van der Waals surface area (Å²) in [4.78, 5) is 21.7. The van der Waals surface area contributed by atoms with Gasteiger partial charge in [0.05, 0.1) is 6.04 Å². The predicted molar refractivity (Wildman–Crippen MR) is 63.1 cm³/mol. The first-order chi connectivity index (χ1) is 7.69. The Morgan fingerprint density at radius 3 is 2.69 bits per heavy atom. The zero-order valence-electron chi connectivity index (χ0n) is 9.69. The van der Waals surface area contributed by atoms with Crippen LogP contribution in [0.15, 0.2) is 24.3 Å². The number of hydrogen-bond donors (Lipinski definition) is 1. The lowest BCUT2D eigenvalue weighted by molar-refractivity contribution is -0.117. The number of benzene rings is 1. The highest BCUT2D eigenvalue weighted by molar-refractivity contribution is 5.76. The molecule has 0 radical (unpaired) electrons. The van der Waals surface area contributed by atoms with E-state index in [-0.39, 0.29) is 11.8 Å². The molecule has 1 aromatic carbocycles. The third-order valence-electron chi connectivity index (χ3n) is 2.57. The van der Waals surface area contributed by atoms with Gasteiger partial charge in [0.25, 0.3) is 0 Å². The lowest BCUT2D eigenvalue weighted by Crippen LogP contribution is -2.22. The molecule has 0 aliphatic rings. The molecule has 0 bridgehead atoms. The van der Waals surface area contributed by atoms with Crippen molar-refractivity contribution >= 4 is 12.2 Å². The van der Waals surface area contributed by atoms with Crippen LogP contribution in [0.25, 0.3) is 0 Å². The van der Waals surface area contributed by atoms with Gasteiger partial charge in [-0.25, -0.2) is 0 Å². The first-order valence-electron chi connectivity index (χ1n) is 5.46. The number of amides is 1. The first-order valence-corrected chi connectivity index (χ1v) is 5.46. The first kappa shape index (κ1) is 12.4. The van der Waals surface area contributed by atoms with E-state index in [9.17, 15) is 9.59 Å². The molecule has 1 rings (SSSR count). The summed E-state index contributed by atoms with van der Waals surface area (Å²) in [6, 6.07) is 7.67. The Morgan fingerprint density at radius 1 is 1.44 bits per heavy atom. The number of carbonyl (C=O) groups is 2. The van der Waals surface area contributed by atoms with E-state index in [2.05, 4.69) is 12.2 Å². The van der Waals surface area contributed by atoms with Gasteiger partial charge >= 0.3 is 0 Å². The summed E-state index contributed by atoms with van der Waals surface area (Å²) in [5, 5.41) is 2.70. The minimum Gasteiger partial charge on any atom is -0.351 e. The molecule has 3 heteroatoms. The molecule has 16 heavy (non-hydrogen) atoms. The largest absolute Gasteiger partial charge is 0.351 e. The van der Waals surface area contributed by atoms with Crippen LogP contribution in [0, 0.1) is 0 Å². The molecule has 1 atom stereocenters. The molecule has 0 heterocycles. The van der Waals surface area contributed by atoms with Gasteiger partial charge < -0.3 is 5.32 Å². The van der Waals surface area contributed by atoms with E-state index >= 15 is 0 Å². The van der Waals surface area contributed by atoms with Gasteiger partial charge in [-0.1, -0.05) is 31.2 Å². The summed E-state index contributed by atoms with van der Waals surface area (Å²) in [6.45, 7) is 3.60. The monoisotopic (exact) mass is 219 g/mol. The zero-order valence-corrected chi connectivity index (χ0v) is 9.69. The standard InChI is InChI=1S/C13H17NO2/c1-3-11-6-4-5-7-12(11)13(14-9-15)8-10(2)16/h4-7,9,13H,3,8H2,1-2H3,(H,14,15). The van der Waals surface area contributed by atoms with Gasteiger partial charge in [0.2, 0.25) is 6.41 Å². The van der Waals surface area contributed by atoms with Gasteiger partial charge in [0.15, 0.2) is 0 Å². The fourth-order valence-electron chi connectivity index (χ4n) is 1.82. The number of aryl methyl sites for hydroxylation is 1. The molecule has 3 nitrogen and oxygen atoms in total. The molecule has 0 fully saturated rings. The maximum atomic E-state index is 11.1. The van der Waals surface area contributed by atoms with Crippen molar-refractivity contribution in [2.75, 3.05) is 0 Å². The Kier molecular flexibility index (Phi) is 4.70. The maximum absolute atomic E-state index is 11.1. The summed E-state index contributed by atoms with van der Waals surface area (Å²) in [5.74, 6) is 0.0743. The molecule has 0 saturated carbocycles. The van der Waals surface area contributed by atoms with Crippen LogP contribution in [0.2, 0.25) is 0 Å². The van der Waals surface area contributed by atoms with Crippen LogP contribution < -0.4 is 5.32 Å². The van der Waals surface area contributed by atoms with E-state index in [1.54, 1.807) is 0 Å². The average molecular weight is 219 g/mol. The van der Waals surface area contributed by atoms with E-state index in [0.717, 1.165) is 12.0 Å². The molecule has 1 N–H and O–H groups in total. The fraction of sp³-hybridized carbons (Fsp3) is 0.385. The lowest BCUT2D eigenvalue weighted by Gasteiger charge is -2.18. The van der Waals surface area contributed by atoms with Crippen LogP contribution in [-0.2, 0) is 16.0 Å². The van der Waals surface area contributed by atoms with E-state index in [1.807, 2.05) is 24.3 Å². The Bertz CT molecular complexity index is 374. The molecular formula is C13H17NO2. The van der Waals surface area contributed by atoms with Crippen molar-refractivity contribution in [3.8, 4) is 0 Å². The minimum atomic E-state index is -0.203. The molecule has 1 unspecified atom stereocenters. The summed E-state index contributed by atoms with van der Waals surface area (Å²) < 4.78 is 0. The predicted octanol–water partition coefficient (Wildman–Crippen LogP) is 2.02. The molecule has 0 aromatic heterocycles. The Morgan fingerprint density at radius 2 is 2.12 bits per heavy atom.